The van der Waals surface area contributed by atoms with Crippen LogP contribution < -0.4 is 0 Å². The molecule has 26 heavy (non-hydrogen) atoms. The average molecular weight is 334 g/mol. The number of aromatic nitrogens is 1. The van der Waals surface area contributed by atoms with Gasteiger partial charge in [-0.2, -0.15) is 0 Å². The van der Waals surface area contributed by atoms with E-state index in [0.29, 0.717) is 5.92 Å². The number of benzene rings is 2. The van der Waals surface area contributed by atoms with Gasteiger partial charge in [0.2, 0.25) is 0 Å². The molecule has 0 saturated heterocycles. The van der Waals surface area contributed by atoms with Gasteiger partial charge in [0.15, 0.2) is 0 Å². The van der Waals surface area contributed by atoms with Crippen molar-refractivity contribution in [1.82, 2.24) is 4.98 Å². The summed E-state index contributed by atoms with van der Waals surface area (Å²) in [6.07, 6.45) is 10.5. The number of hydrogen-bond acceptors (Lipinski definition) is 2. The van der Waals surface area contributed by atoms with E-state index in [1.54, 1.807) is 0 Å². The molecule has 0 spiro atoms. The minimum Gasteiger partial charge on any atom is -0.259 e. The summed E-state index contributed by atoms with van der Waals surface area (Å²) in [5, 5.41) is 0. The van der Waals surface area contributed by atoms with Crippen molar-refractivity contribution < 1.29 is 0 Å². The molecule has 0 radical (unpaired) electrons. The molecule has 1 aromatic heterocycles. The summed E-state index contributed by atoms with van der Waals surface area (Å²) in [6, 6.07) is 23.2. The van der Waals surface area contributed by atoms with Crippen LogP contribution in [0.15, 0.2) is 96.3 Å². The van der Waals surface area contributed by atoms with E-state index in [-0.39, 0.29) is 5.92 Å². The fraction of sp³-hybridized carbons (Fsp3) is 0.0833. The molecular weight excluding hydrogens is 316 g/mol. The first kappa shape index (κ1) is 15.0. The van der Waals surface area contributed by atoms with Crippen LogP contribution in [0.2, 0.25) is 0 Å². The maximum absolute atomic E-state index is 4.73. The minimum atomic E-state index is 0.230. The van der Waals surface area contributed by atoms with Crippen molar-refractivity contribution in [3.8, 4) is 11.1 Å². The Balaban J connectivity index is 1.62. The van der Waals surface area contributed by atoms with E-state index < -0.39 is 0 Å². The fourth-order valence-corrected chi connectivity index (χ4v) is 3.93. The second kappa shape index (κ2) is 6.23. The lowest BCUT2D eigenvalue weighted by molar-refractivity contribution is 0.728. The molecule has 1 aliphatic heterocycles. The van der Waals surface area contributed by atoms with Crippen molar-refractivity contribution in [2.24, 2.45) is 10.9 Å². The molecule has 124 valence electrons. The Kier molecular flexibility index (Phi) is 3.60. The van der Waals surface area contributed by atoms with Gasteiger partial charge < -0.3 is 0 Å². The van der Waals surface area contributed by atoms with E-state index in [0.717, 1.165) is 17.0 Å². The standard InChI is InChI=1S/C24H18N2/c1-3-7-17(8-4-1)19-13-15-25-23-21(19)11-12-22-20(14-16-26-24(22)23)18-9-5-2-6-10-18/h1-16,19,21H. The second-order valence-electron chi connectivity index (χ2n) is 6.66. The van der Waals surface area contributed by atoms with Crippen molar-refractivity contribution in [2.75, 3.05) is 0 Å². The van der Waals surface area contributed by atoms with E-state index in [1.165, 1.54) is 16.7 Å². The Morgan fingerprint density at radius 1 is 0.731 bits per heavy atom. The van der Waals surface area contributed by atoms with Gasteiger partial charge in [0, 0.05) is 29.8 Å². The maximum atomic E-state index is 4.73. The molecule has 3 aromatic rings. The molecule has 0 N–H and O–H groups in total. The van der Waals surface area contributed by atoms with E-state index in [1.807, 2.05) is 18.5 Å². The maximum Gasteiger partial charge on any atom is 0.0929 e. The van der Waals surface area contributed by atoms with Gasteiger partial charge in [-0.1, -0.05) is 78.9 Å². The van der Waals surface area contributed by atoms with Crippen LogP contribution in [0.4, 0.5) is 0 Å². The van der Waals surface area contributed by atoms with Crippen molar-refractivity contribution in [3.05, 3.63) is 108 Å². The lowest BCUT2D eigenvalue weighted by Gasteiger charge is -2.30. The van der Waals surface area contributed by atoms with Gasteiger partial charge in [-0.15, -0.1) is 0 Å². The predicted molar refractivity (Wildman–Crippen MR) is 107 cm³/mol. The van der Waals surface area contributed by atoms with Crippen LogP contribution >= 0.6 is 0 Å². The fourth-order valence-electron chi connectivity index (χ4n) is 3.93. The summed E-state index contributed by atoms with van der Waals surface area (Å²) in [4.78, 5) is 9.43. The van der Waals surface area contributed by atoms with Crippen LogP contribution in [0.3, 0.4) is 0 Å². The molecule has 2 aliphatic rings. The number of hydrogen-bond donors (Lipinski definition) is 0. The molecule has 0 fully saturated rings. The summed E-state index contributed by atoms with van der Waals surface area (Å²) in [5.74, 6) is 0.531. The van der Waals surface area contributed by atoms with Crippen molar-refractivity contribution >= 4 is 11.8 Å². The van der Waals surface area contributed by atoms with Crippen LogP contribution in [-0.4, -0.2) is 10.7 Å². The number of pyridine rings is 1. The molecule has 0 amide bonds. The van der Waals surface area contributed by atoms with Crippen LogP contribution in [0, 0.1) is 5.92 Å². The van der Waals surface area contributed by atoms with Gasteiger partial charge >= 0.3 is 0 Å². The number of rotatable bonds is 2. The van der Waals surface area contributed by atoms with Crippen molar-refractivity contribution in [3.63, 3.8) is 0 Å². The quantitative estimate of drug-likeness (QED) is 0.608. The summed E-state index contributed by atoms with van der Waals surface area (Å²) < 4.78 is 0. The van der Waals surface area contributed by atoms with Crippen molar-refractivity contribution in [1.29, 1.82) is 0 Å². The van der Waals surface area contributed by atoms with Gasteiger partial charge in [-0.25, -0.2) is 0 Å². The predicted octanol–water partition coefficient (Wildman–Crippen LogP) is 5.49. The summed E-state index contributed by atoms with van der Waals surface area (Å²) in [5.41, 5.74) is 6.96. The molecule has 2 aromatic carbocycles. The van der Waals surface area contributed by atoms with Gasteiger partial charge in [0.25, 0.3) is 0 Å². The van der Waals surface area contributed by atoms with E-state index >= 15 is 0 Å². The zero-order valence-electron chi connectivity index (χ0n) is 14.3. The first-order chi connectivity index (χ1) is 12.9. The third-order valence-electron chi connectivity index (χ3n) is 5.18. The summed E-state index contributed by atoms with van der Waals surface area (Å²) in [7, 11) is 0. The van der Waals surface area contributed by atoms with E-state index in [2.05, 4.69) is 78.9 Å². The zero-order chi connectivity index (χ0) is 17.3. The number of aliphatic imine (C=N–C) groups is 1. The molecule has 0 bridgehead atoms. The molecular formula is C24H18N2. The van der Waals surface area contributed by atoms with Gasteiger partial charge in [-0.05, 0) is 22.8 Å². The Bertz CT molecular complexity index is 1030. The van der Waals surface area contributed by atoms with E-state index in [9.17, 15) is 0 Å². The van der Waals surface area contributed by atoms with Gasteiger partial charge in [0.1, 0.15) is 0 Å². The molecule has 1 aliphatic carbocycles. The Morgan fingerprint density at radius 3 is 2.31 bits per heavy atom. The number of allylic oxidation sites excluding steroid dienone is 2. The third-order valence-corrected chi connectivity index (χ3v) is 5.18. The third kappa shape index (κ3) is 2.42. The van der Waals surface area contributed by atoms with Crippen LogP contribution in [0.5, 0.6) is 0 Å². The smallest absolute Gasteiger partial charge is 0.0929 e. The van der Waals surface area contributed by atoms with E-state index in [4.69, 9.17) is 9.98 Å². The molecule has 2 heteroatoms. The Morgan fingerprint density at radius 2 is 1.50 bits per heavy atom. The average Bonchev–Trinajstić information content (AvgIpc) is 2.74. The normalized spacial score (nSPS) is 20.2. The molecule has 2 atom stereocenters. The Labute approximate surface area is 153 Å². The van der Waals surface area contributed by atoms with Crippen molar-refractivity contribution in [2.45, 2.75) is 5.92 Å². The monoisotopic (exact) mass is 334 g/mol. The van der Waals surface area contributed by atoms with Crippen LogP contribution in [-0.2, 0) is 0 Å². The highest BCUT2D eigenvalue weighted by atomic mass is 14.8. The molecule has 2 nitrogen and oxygen atoms in total. The van der Waals surface area contributed by atoms with Crippen LogP contribution in [0.25, 0.3) is 17.2 Å². The highest BCUT2D eigenvalue weighted by Gasteiger charge is 2.32. The summed E-state index contributed by atoms with van der Waals surface area (Å²) >= 11 is 0. The second-order valence-corrected chi connectivity index (χ2v) is 6.66. The minimum absolute atomic E-state index is 0.230. The first-order valence-corrected chi connectivity index (χ1v) is 8.94. The lowest BCUT2D eigenvalue weighted by atomic mass is 9.76. The highest BCUT2D eigenvalue weighted by Crippen LogP contribution is 2.39. The van der Waals surface area contributed by atoms with Gasteiger partial charge in [0.05, 0.1) is 11.4 Å². The van der Waals surface area contributed by atoms with Crippen LogP contribution in [0.1, 0.15) is 22.7 Å². The number of fused-ring (bicyclic) bond motifs is 3. The first-order valence-electron chi connectivity index (χ1n) is 8.94. The SMILES string of the molecule is C1=CC(c2ccccc2)C2C=Cc3c(-c4ccccc4)ccnc3C2=N1. The molecule has 2 unspecified atom stereocenters. The molecule has 2 heterocycles. The highest BCUT2D eigenvalue weighted by molar-refractivity contribution is 6.09. The summed E-state index contributed by atoms with van der Waals surface area (Å²) in [6.45, 7) is 0. The topological polar surface area (TPSA) is 25.2 Å². The molecule has 5 rings (SSSR count). The largest absolute Gasteiger partial charge is 0.259 e. The zero-order valence-corrected chi connectivity index (χ0v) is 14.3. The Hall–Kier alpha value is -3.26. The van der Waals surface area contributed by atoms with Gasteiger partial charge in [-0.3, -0.25) is 9.98 Å². The molecule has 0 saturated carbocycles. The lowest BCUT2D eigenvalue weighted by Crippen LogP contribution is -2.27. The number of nitrogens with zero attached hydrogens (tertiary/aromatic N) is 2.